The Hall–Kier alpha value is -0.840. The first kappa shape index (κ1) is 11.2. The van der Waals surface area contributed by atoms with E-state index < -0.39 is 0 Å². The van der Waals surface area contributed by atoms with Gasteiger partial charge in [0, 0.05) is 7.05 Å². The van der Waals surface area contributed by atoms with Crippen molar-refractivity contribution in [2.45, 2.75) is 26.4 Å². The molecule has 78 valence electrons. The molecule has 0 aromatic carbocycles. The van der Waals surface area contributed by atoms with E-state index in [1.807, 2.05) is 6.92 Å². The molecule has 5 heteroatoms. The maximum Gasteiger partial charge on any atom is 0.233 e. The van der Waals surface area contributed by atoms with Gasteiger partial charge in [-0.25, -0.2) is 4.98 Å². The van der Waals surface area contributed by atoms with Crippen LogP contribution >= 0.6 is 15.9 Å². The fraction of sp³-hybridized carbons (Fsp3) is 0.556. The Balaban J connectivity index is 2.83. The third-order valence-electron chi connectivity index (χ3n) is 1.82. The first-order chi connectivity index (χ1) is 6.67. The number of nitrogens with one attached hydrogen (secondary N) is 1. The second-order valence-corrected chi connectivity index (χ2v) is 3.79. The van der Waals surface area contributed by atoms with Crippen LogP contribution in [-0.4, -0.2) is 23.1 Å². The van der Waals surface area contributed by atoms with Crippen LogP contribution in [0, 0.1) is 0 Å². The zero-order chi connectivity index (χ0) is 10.6. The summed E-state index contributed by atoms with van der Waals surface area (Å²) in [7, 11) is 1.77. The third kappa shape index (κ3) is 2.83. The molecule has 0 saturated heterocycles. The van der Waals surface area contributed by atoms with E-state index in [0.717, 1.165) is 10.9 Å². The molecule has 1 aromatic rings. The lowest BCUT2D eigenvalue weighted by molar-refractivity contribution is 0.207. The Kier molecular flexibility index (Phi) is 4.13. The maximum atomic E-state index is 5.60. The standard InChI is InChI=1S/C9H14BrN3O/c1-4-6(2)14-8-7(10)5-12-9(11-3)13-8/h5-6H,4H2,1-3H3,(H,11,12,13). The molecule has 1 N–H and O–H groups in total. The molecule has 0 saturated carbocycles. The van der Waals surface area contributed by atoms with E-state index in [4.69, 9.17) is 4.74 Å². The predicted molar refractivity (Wildman–Crippen MR) is 59.7 cm³/mol. The number of hydrogen-bond acceptors (Lipinski definition) is 4. The zero-order valence-corrected chi connectivity index (χ0v) is 10.1. The van der Waals surface area contributed by atoms with Crippen molar-refractivity contribution < 1.29 is 4.74 Å². The lowest BCUT2D eigenvalue weighted by Crippen LogP contribution is -2.12. The number of rotatable bonds is 4. The number of aromatic nitrogens is 2. The predicted octanol–water partition coefficient (Wildman–Crippen LogP) is 2.46. The Morgan fingerprint density at radius 1 is 1.64 bits per heavy atom. The van der Waals surface area contributed by atoms with E-state index in [0.29, 0.717) is 11.8 Å². The van der Waals surface area contributed by atoms with Crippen molar-refractivity contribution in [3.8, 4) is 5.88 Å². The lowest BCUT2D eigenvalue weighted by Gasteiger charge is -2.13. The number of ether oxygens (including phenoxy) is 1. The minimum atomic E-state index is 0.158. The molecule has 1 atom stereocenters. The quantitative estimate of drug-likeness (QED) is 0.903. The summed E-state index contributed by atoms with van der Waals surface area (Å²) in [4.78, 5) is 8.23. The van der Waals surface area contributed by atoms with Crippen LogP contribution in [0.1, 0.15) is 20.3 Å². The summed E-state index contributed by atoms with van der Waals surface area (Å²) in [5.41, 5.74) is 0. The topological polar surface area (TPSA) is 47.0 Å². The van der Waals surface area contributed by atoms with Gasteiger partial charge in [0.1, 0.15) is 0 Å². The van der Waals surface area contributed by atoms with Crippen molar-refractivity contribution in [1.29, 1.82) is 0 Å². The van der Waals surface area contributed by atoms with Crippen molar-refractivity contribution >= 4 is 21.9 Å². The molecule has 4 nitrogen and oxygen atoms in total. The van der Waals surface area contributed by atoms with Crippen LogP contribution in [0.15, 0.2) is 10.7 Å². The van der Waals surface area contributed by atoms with Crippen LogP contribution in [0.5, 0.6) is 5.88 Å². The highest BCUT2D eigenvalue weighted by Crippen LogP contribution is 2.23. The Morgan fingerprint density at radius 2 is 2.36 bits per heavy atom. The van der Waals surface area contributed by atoms with Gasteiger partial charge in [-0.15, -0.1) is 0 Å². The van der Waals surface area contributed by atoms with Gasteiger partial charge in [-0.1, -0.05) is 6.92 Å². The van der Waals surface area contributed by atoms with Gasteiger partial charge in [0.25, 0.3) is 0 Å². The van der Waals surface area contributed by atoms with Gasteiger partial charge in [0.15, 0.2) is 0 Å². The van der Waals surface area contributed by atoms with Gasteiger partial charge in [0.05, 0.1) is 16.8 Å². The molecule has 0 aliphatic carbocycles. The summed E-state index contributed by atoms with van der Waals surface area (Å²) in [6.45, 7) is 4.08. The first-order valence-electron chi connectivity index (χ1n) is 4.54. The first-order valence-corrected chi connectivity index (χ1v) is 5.33. The second kappa shape index (κ2) is 5.14. The molecular weight excluding hydrogens is 246 g/mol. The SMILES string of the molecule is CCC(C)Oc1nc(NC)ncc1Br. The average Bonchev–Trinajstić information content (AvgIpc) is 2.21. The minimum Gasteiger partial charge on any atom is -0.474 e. The van der Waals surface area contributed by atoms with Crippen LogP contribution in [0.25, 0.3) is 0 Å². The van der Waals surface area contributed by atoms with Crippen molar-refractivity contribution in [2.75, 3.05) is 12.4 Å². The van der Waals surface area contributed by atoms with E-state index >= 15 is 0 Å². The average molecular weight is 260 g/mol. The molecule has 0 bridgehead atoms. The van der Waals surface area contributed by atoms with Gasteiger partial charge < -0.3 is 10.1 Å². The summed E-state index contributed by atoms with van der Waals surface area (Å²) in [5, 5.41) is 2.86. The fourth-order valence-corrected chi connectivity index (χ4v) is 1.11. The summed E-state index contributed by atoms with van der Waals surface area (Å²) in [5.74, 6) is 1.14. The van der Waals surface area contributed by atoms with Crippen molar-refractivity contribution in [3.63, 3.8) is 0 Å². The van der Waals surface area contributed by atoms with Crippen LogP contribution < -0.4 is 10.1 Å². The molecule has 0 spiro atoms. The van der Waals surface area contributed by atoms with Crippen LogP contribution in [-0.2, 0) is 0 Å². The summed E-state index contributed by atoms with van der Waals surface area (Å²) in [6, 6.07) is 0. The minimum absolute atomic E-state index is 0.158. The van der Waals surface area contributed by atoms with E-state index in [1.54, 1.807) is 13.2 Å². The smallest absolute Gasteiger partial charge is 0.233 e. The molecule has 1 unspecified atom stereocenters. The molecule has 1 rings (SSSR count). The summed E-state index contributed by atoms with van der Waals surface area (Å²) in [6.07, 6.45) is 2.79. The normalized spacial score (nSPS) is 12.3. The van der Waals surface area contributed by atoms with Gasteiger partial charge >= 0.3 is 0 Å². The molecule has 1 heterocycles. The monoisotopic (exact) mass is 259 g/mol. The summed E-state index contributed by atoms with van der Waals surface area (Å²) < 4.78 is 6.37. The molecule has 0 aliphatic heterocycles. The highest BCUT2D eigenvalue weighted by atomic mass is 79.9. The third-order valence-corrected chi connectivity index (χ3v) is 2.37. The van der Waals surface area contributed by atoms with Gasteiger partial charge in [-0.05, 0) is 29.3 Å². The largest absolute Gasteiger partial charge is 0.474 e. The lowest BCUT2D eigenvalue weighted by atomic mass is 10.3. The Morgan fingerprint density at radius 3 is 2.93 bits per heavy atom. The molecule has 0 amide bonds. The van der Waals surface area contributed by atoms with E-state index in [2.05, 4.69) is 38.1 Å². The van der Waals surface area contributed by atoms with Gasteiger partial charge in [0.2, 0.25) is 11.8 Å². The fourth-order valence-electron chi connectivity index (χ4n) is 0.828. The second-order valence-electron chi connectivity index (χ2n) is 2.93. The van der Waals surface area contributed by atoms with Gasteiger partial charge in [-0.3, -0.25) is 0 Å². The van der Waals surface area contributed by atoms with E-state index in [-0.39, 0.29) is 6.10 Å². The van der Waals surface area contributed by atoms with Gasteiger partial charge in [-0.2, -0.15) is 4.98 Å². The number of nitrogens with zero attached hydrogens (tertiary/aromatic N) is 2. The van der Waals surface area contributed by atoms with Crippen molar-refractivity contribution in [2.24, 2.45) is 0 Å². The molecule has 0 radical (unpaired) electrons. The Bertz CT molecular complexity index is 306. The molecular formula is C9H14BrN3O. The maximum absolute atomic E-state index is 5.60. The molecule has 14 heavy (non-hydrogen) atoms. The van der Waals surface area contributed by atoms with Crippen LogP contribution in [0.3, 0.4) is 0 Å². The molecule has 1 aromatic heterocycles. The van der Waals surface area contributed by atoms with Crippen LogP contribution in [0.4, 0.5) is 5.95 Å². The van der Waals surface area contributed by atoms with E-state index in [9.17, 15) is 0 Å². The highest BCUT2D eigenvalue weighted by Gasteiger charge is 2.08. The molecule has 0 fully saturated rings. The number of anilines is 1. The van der Waals surface area contributed by atoms with Crippen molar-refractivity contribution in [3.05, 3.63) is 10.7 Å². The van der Waals surface area contributed by atoms with E-state index in [1.165, 1.54) is 0 Å². The summed E-state index contributed by atoms with van der Waals surface area (Å²) >= 11 is 3.34. The van der Waals surface area contributed by atoms with Crippen molar-refractivity contribution in [1.82, 2.24) is 9.97 Å². The number of hydrogen-bond donors (Lipinski definition) is 1. The molecule has 0 aliphatic rings. The van der Waals surface area contributed by atoms with Crippen LogP contribution in [0.2, 0.25) is 0 Å². The highest BCUT2D eigenvalue weighted by molar-refractivity contribution is 9.10. The Labute approximate surface area is 92.2 Å². The number of halogens is 1. The zero-order valence-electron chi connectivity index (χ0n) is 8.54.